The van der Waals surface area contributed by atoms with Crippen molar-refractivity contribution in [2.24, 2.45) is 0 Å². The van der Waals surface area contributed by atoms with Gasteiger partial charge in [-0.05, 0) is 53.3 Å². The third-order valence-corrected chi connectivity index (χ3v) is 5.43. The summed E-state index contributed by atoms with van der Waals surface area (Å²) in [5, 5.41) is 15.3. The van der Waals surface area contributed by atoms with Crippen LogP contribution in [0.3, 0.4) is 0 Å². The lowest BCUT2D eigenvalue weighted by atomic mass is 9.98. The molecule has 0 radical (unpaired) electrons. The number of carboxylic acid groups (broad SMARTS) is 1. The number of amides is 1. The minimum atomic E-state index is -1.02. The first kappa shape index (κ1) is 22.4. The second kappa shape index (κ2) is 11.2. The number of anilines is 1. The number of rotatable bonds is 10. The van der Waals surface area contributed by atoms with Crippen LogP contribution in [0.4, 0.5) is 5.82 Å². The van der Waals surface area contributed by atoms with Crippen LogP contribution in [0.15, 0.2) is 72.9 Å². The van der Waals surface area contributed by atoms with Crippen LogP contribution < -0.4 is 10.6 Å². The third-order valence-electron chi connectivity index (χ3n) is 4.79. The number of pyridine rings is 1. The third kappa shape index (κ3) is 6.33. The summed E-state index contributed by atoms with van der Waals surface area (Å²) in [4.78, 5) is 28.6. The molecule has 0 saturated carbocycles. The van der Waals surface area contributed by atoms with Gasteiger partial charge in [0.1, 0.15) is 11.9 Å². The number of nitrogens with zero attached hydrogens (tertiary/aromatic N) is 1. The monoisotopic (exact) mass is 435 g/mol. The number of carbonyl (C=O) groups excluding carboxylic acids is 1. The van der Waals surface area contributed by atoms with Gasteiger partial charge in [0.15, 0.2) is 0 Å². The van der Waals surface area contributed by atoms with Crippen molar-refractivity contribution in [1.29, 1.82) is 0 Å². The van der Waals surface area contributed by atoms with Crippen LogP contribution in [0.5, 0.6) is 0 Å². The number of carboxylic acids is 1. The van der Waals surface area contributed by atoms with Crippen LogP contribution in [0, 0.1) is 0 Å². The number of thioether (sulfide) groups is 1. The molecule has 6 nitrogen and oxygen atoms in total. The quantitative estimate of drug-likeness (QED) is 0.440. The average molecular weight is 436 g/mol. The Balaban J connectivity index is 1.73. The van der Waals surface area contributed by atoms with Gasteiger partial charge in [-0.25, -0.2) is 9.78 Å². The fourth-order valence-corrected chi connectivity index (χ4v) is 3.60. The zero-order valence-corrected chi connectivity index (χ0v) is 18.1. The van der Waals surface area contributed by atoms with Crippen molar-refractivity contribution in [2.75, 3.05) is 17.3 Å². The summed E-state index contributed by atoms with van der Waals surface area (Å²) in [6, 6.07) is 19.9. The molecule has 0 aliphatic carbocycles. The first-order chi connectivity index (χ1) is 15.1. The highest BCUT2D eigenvalue weighted by molar-refractivity contribution is 7.98. The first-order valence-corrected chi connectivity index (χ1v) is 11.3. The summed E-state index contributed by atoms with van der Waals surface area (Å²) < 4.78 is 0. The minimum absolute atomic E-state index is 0.377. The Kier molecular flexibility index (Phi) is 8.06. The Morgan fingerprint density at radius 1 is 1.03 bits per heavy atom. The van der Waals surface area contributed by atoms with Crippen LogP contribution in [-0.4, -0.2) is 40.0 Å². The van der Waals surface area contributed by atoms with E-state index in [0.29, 0.717) is 24.3 Å². The fourth-order valence-electron chi connectivity index (χ4n) is 3.12. The molecule has 0 bridgehead atoms. The SMILES string of the molecule is CSCCC(NC(=O)c1ccccc1-c1ccc(CNc2ccccn2)cc1)C(=O)O. The lowest BCUT2D eigenvalue weighted by Crippen LogP contribution is -2.41. The second-order valence-electron chi connectivity index (χ2n) is 6.96. The predicted octanol–water partition coefficient (Wildman–Crippen LogP) is 4.30. The van der Waals surface area contributed by atoms with Crippen LogP contribution in [-0.2, 0) is 11.3 Å². The van der Waals surface area contributed by atoms with Crippen molar-refractivity contribution < 1.29 is 14.7 Å². The molecule has 160 valence electrons. The van der Waals surface area contributed by atoms with E-state index in [-0.39, 0.29) is 5.91 Å². The van der Waals surface area contributed by atoms with Crippen molar-refractivity contribution in [3.63, 3.8) is 0 Å². The van der Waals surface area contributed by atoms with Crippen molar-refractivity contribution in [3.05, 3.63) is 84.1 Å². The van der Waals surface area contributed by atoms with E-state index < -0.39 is 12.0 Å². The topological polar surface area (TPSA) is 91.3 Å². The second-order valence-corrected chi connectivity index (χ2v) is 7.94. The van der Waals surface area contributed by atoms with Crippen molar-refractivity contribution in [2.45, 2.75) is 19.0 Å². The molecule has 1 unspecified atom stereocenters. The molecule has 0 saturated heterocycles. The molecular formula is C24H25N3O3S. The van der Waals surface area contributed by atoms with E-state index in [4.69, 9.17) is 0 Å². The van der Waals surface area contributed by atoms with E-state index >= 15 is 0 Å². The van der Waals surface area contributed by atoms with E-state index in [1.807, 2.05) is 60.9 Å². The molecule has 31 heavy (non-hydrogen) atoms. The van der Waals surface area contributed by atoms with E-state index in [0.717, 1.165) is 22.5 Å². The summed E-state index contributed by atoms with van der Waals surface area (Å²) in [7, 11) is 0. The number of benzene rings is 2. The fraction of sp³-hybridized carbons (Fsp3) is 0.208. The van der Waals surface area contributed by atoms with E-state index in [9.17, 15) is 14.7 Å². The first-order valence-electron chi connectivity index (χ1n) is 9.94. The minimum Gasteiger partial charge on any atom is -0.480 e. The number of nitrogens with one attached hydrogen (secondary N) is 2. The summed E-state index contributed by atoms with van der Waals surface area (Å²) in [6.45, 7) is 0.634. The van der Waals surface area contributed by atoms with Gasteiger partial charge >= 0.3 is 5.97 Å². The molecular weight excluding hydrogens is 410 g/mol. The Hall–Kier alpha value is -3.32. The van der Waals surface area contributed by atoms with Crippen LogP contribution in [0.2, 0.25) is 0 Å². The smallest absolute Gasteiger partial charge is 0.326 e. The lowest BCUT2D eigenvalue weighted by molar-refractivity contribution is -0.139. The Bertz CT molecular complexity index is 1010. The number of hydrogen-bond donors (Lipinski definition) is 3. The molecule has 3 N–H and O–H groups in total. The average Bonchev–Trinajstić information content (AvgIpc) is 2.81. The Labute approximate surface area is 186 Å². The van der Waals surface area contributed by atoms with E-state index in [1.54, 1.807) is 30.1 Å². The molecule has 1 atom stereocenters. The Morgan fingerprint density at radius 2 is 1.77 bits per heavy atom. The summed E-state index contributed by atoms with van der Waals surface area (Å²) >= 11 is 1.55. The van der Waals surface area contributed by atoms with Crippen LogP contribution in [0.1, 0.15) is 22.3 Å². The molecule has 7 heteroatoms. The molecule has 3 rings (SSSR count). The zero-order valence-electron chi connectivity index (χ0n) is 17.2. The van der Waals surface area contributed by atoms with Gasteiger partial charge in [0.25, 0.3) is 5.91 Å². The highest BCUT2D eigenvalue weighted by Crippen LogP contribution is 2.24. The molecule has 3 aromatic rings. The number of carbonyl (C=O) groups is 2. The molecule has 1 heterocycles. The van der Waals surface area contributed by atoms with Crippen LogP contribution >= 0.6 is 11.8 Å². The van der Waals surface area contributed by atoms with Gasteiger partial charge in [0.2, 0.25) is 0 Å². The molecule has 0 spiro atoms. The number of aliphatic carboxylic acids is 1. The molecule has 1 aromatic heterocycles. The lowest BCUT2D eigenvalue weighted by Gasteiger charge is -2.16. The molecule has 0 aliphatic heterocycles. The van der Waals surface area contributed by atoms with Gasteiger partial charge in [-0.3, -0.25) is 4.79 Å². The molecule has 0 aliphatic rings. The standard InChI is InChI=1S/C24H25N3O3S/c1-31-15-13-21(24(29)30)27-23(28)20-7-3-2-6-19(20)18-11-9-17(10-12-18)16-26-22-8-4-5-14-25-22/h2-12,14,21H,13,15-16H2,1H3,(H,25,26)(H,27,28)(H,29,30). The highest BCUT2D eigenvalue weighted by atomic mass is 32.2. The van der Waals surface area contributed by atoms with Crippen molar-refractivity contribution in [1.82, 2.24) is 10.3 Å². The van der Waals surface area contributed by atoms with Crippen molar-refractivity contribution >= 4 is 29.5 Å². The van der Waals surface area contributed by atoms with Crippen molar-refractivity contribution in [3.8, 4) is 11.1 Å². The maximum Gasteiger partial charge on any atom is 0.326 e. The summed E-state index contributed by atoms with van der Waals surface area (Å²) in [6.07, 6.45) is 4.03. The van der Waals surface area contributed by atoms with Crippen LogP contribution in [0.25, 0.3) is 11.1 Å². The zero-order chi connectivity index (χ0) is 22.1. The summed E-state index contributed by atoms with van der Waals surface area (Å²) in [5.41, 5.74) is 3.19. The maximum atomic E-state index is 12.8. The highest BCUT2D eigenvalue weighted by Gasteiger charge is 2.21. The largest absolute Gasteiger partial charge is 0.480 e. The number of aromatic nitrogens is 1. The van der Waals surface area contributed by atoms with Gasteiger partial charge in [-0.1, -0.05) is 48.5 Å². The molecule has 0 fully saturated rings. The van der Waals surface area contributed by atoms with E-state index in [1.165, 1.54) is 0 Å². The maximum absolute atomic E-state index is 12.8. The van der Waals surface area contributed by atoms with Gasteiger partial charge in [0.05, 0.1) is 0 Å². The van der Waals surface area contributed by atoms with E-state index in [2.05, 4.69) is 15.6 Å². The van der Waals surface area contributed by atoms with Gasteiger partial charge < -0.3 is 15.7 Å². The Morgan fingerprint density at radius 3 is 2.45 bits per heavy atom. The van der Waals surface area contributed by atoms with Gasteiger partial charge in [0, 0.05) is 18.3 Å². The van der Waals surface area contributed by atoms with Gasteiger partial charge in [-0.15, -0.1) is 0 Å². The number of hydrogen-bond acceptors (Lipinski definition) is 5. The molecule has 1 amide bonds. The predicted molar refractivity (Wildman–Crippen MR) is 125 cm³/mol. The normalized spacial score (nSPS) is 11.5. The summed E-state index contributed by atoms with van der Waals surface area (Å²) in [5.74, 6) is 0.0603. The molecule has 2 aromatic carbocycles. The van der Waals surface area contributed by atoms with Gasteiger partial charge in [-0.2, -0.15) is 11.8 Å².